The minimum Gasteiger partial charge on any atom is -0.466 e. The SMILES string of the molecule is CCOC(=O)[C@@]1(Cc2ccc(F)c(-c3ncc(F)cn3)c2)C[C@H](F)[C@H](N=[N+]=[N-])C1. The molecule has 10 heteroatoms. The van der Waals surface area contributed by atoms with Crippen molar-refractivity contribution in [2.45, 2.75) is 38.4 Å². The fraction of sp³-hybridized carbons (Fsp3) is 0.421. The van der Waals surface area contributed by atoms with Crippen molar-refractivity contribution in [3.05, 3.63) is 58.2 Å². The Kier molecular flexibility index (Phi) is 6.03. The lowest BCUT2D eigenvalue weighted by atomic mass is 9.79. The van der Waals surface area contributed by atoms with Gasteiger partial charge in [-0.05, 0) is 49.4 Å². The lowest BCUT2D eigenvalue weighted by Crippen LogP contribution is -2.33. The third-order valence-corrected chi connectivity index (χ3v) is 4.95. The highest BCUT2D eigenvalue weighted by Gasteiger charge is 2.51. The first-order valence-corrected chi connectivity index (χ1v) is 9.00. The Balaban J connectivity index is 1.96. The van der Waals surface area contributed by atoms with Crippen molar-refractivity contribution in [1.29, 1.82) is 0 Å². The number of hydrogen-bond acceptors (Lipinski definition) is 5. The summed E-state index contributed by atoms with van der Waals surface area (Å²) in [7, 11) is 0. The van der Waals surface area contributed by atoms with Crippen LogP contribution in [0.15, 0.2) is 35.7 Å². The molecule has 1 aromatic carbocycles. The fourth-order valence-electron chi connectivity index (χ4n) is 3.66. The van der Waals surface area contributed by atoms with E-state index in [1.165, 1.54) is 18.2 Å². The molecule has 152 valence electrons. The van der Waals surface area contributed by atoms with Crippen LogP contribution in [-0.2, 0) is 16.0 Å². The predicted octanol–water partition coefficient (Wildman–Crippen LogP) is 4.32. The van der Waals surface area contributed by atoms with Crippen LogP contribution < -0.4 is 0 Å². The molecule has 0 bridgehead atoms. The maximum Gasteiger partial charge on any atom is 0.312 e. The highest BCUT2D eigenvalue weighted by atomic mass is 19.1. The number of ether oxygens (including phenoxy) is 1. The average Bonchev–Trinajstić information content (AvgIpc) is 3.01. The molecule has 3 atom stereocenters. The summed E-state index contributed by atoms with van der Waals surface area (Å²) in [5.74, 6) is -1.89. The fourth-order valence-corrected chi connectivity index (χ4v) is 3.66. The number of carbonyl (C=O) groups is 1. The second-order valence-electron chi connectivity index (χ2n) is 6.91. The minimum absolute atomic E-state index is 0.0160. The molecule has 1 aromatic heterocycles. The molecule has 3 rings (SSSR count). The third-order valence-electron chi connectivity index (χ3n) is 4.95. The van der Waals surface area contributed by atoms with E-state index in [-0.39, 0.29) is 37.3 Å². The average molecular weight is 405 g/mol. The molecule has 1 fully saturated rings. The van der Waals surface area contributed by atoms with Gasteiger partial charge >= 0.3 is 5.97 Å². The summed E-state index contributed by atoms with van der Waals surface area (Å²) < 4.78 is 46.9. The standard InChI is InChI=1S/C19H18F3N5O2/c1-2-29-18(28)19(7-15(22)16(8-19)26-27-23)6-11-3-4-14(21)13(5-11)17-24-9-12(20)10-25-17/h3-5,9-10,15-16H,2,6-8H2,1H3/t15-,16+,19-/m0/s1. The number of rotatable bonds is 6. The third kappa shape index (κ3) is 4.32. The highest BCUT2D eigenvalue weighted by Crippen LogP contribution is 2.45. The van der Waals surface area contributed by atoms with Gasteiger partial charge in [-0.2, -0.15) is 0 Å². The molecule has 0 unspecified atom stereocenters. The Bertz CT molecular complexity index is 949. The molecule has 1 aliphatic rings. The quantitative estimate of drug-likeness (QED) is 0.309. The molecule has 0 saturated heterocycles. The second-order valence-corrected chi connectivity index (χ2v) is 6.91. The van der Waals surface area contributed by atoms with Crippen LogP contribution in [0.5, 0.6) is 0 Å². The zero-order valence-corrected chi connectivity index (χ0v) is 15.6. The van der Waals surface area contributed by atoms with Crippen molar-refractivity contribution in [3.8, 4) is 11.4 Å². The van der Waals surface area contributed by atoms with Crippen LogP contribution in [0.4, 0.5) is 13.2 Å². The number of hydrogen-bond donors (Lipinski definition) is 0. The summed E-state index contributed by atoms with van der Waals surface area (Å²) in [5, 5.41) is 3.45. The summed E-state index contributed by atoms with van der Waals surface area (Å²) in [6.45, 7) is 1.75. The Morgan fingerprint density at radius 1 is 1.34 bits per heavy atom. The van der Waals surface area contributed by atoms with Crippen LogP contribution in [0.2, 0.25) is 0 Å². The molecule has 0 amide bonds. The van der Waals surface area contributed by atoms with Gasteiger partial charge in [-0.1, -0.05) is 11.2 Å². The Morgan fingerprint density at radius 2 is 2.07 bits per heavy atom. The monoisotopic (exact) mass is 405 g/mol. The van der Waals surface area contributed by atoms with Crippen LogP contribution in [0.1, 0.15) is 25.3 Å². The molecule has 1 heterocycles. The Labute approximate surface area is 164 Å². The van der Waals surface area contributed by atoms with Crippen LogP contribution >= 0.6 is 0 Å². The minimum atomic E-state index is -1.49. The molecule has 0 N–H and O–H groups in total. The molecule has 0 spiro atoms. The lowest BCUT2D eigenvalue weighted by Gasteiger charge is -2.27. The van der Waals surface area contributed by atoms with Crippen LogP contribution in [0.25, 0.3) is 21.8 Å². The lowest BCUT2D eigenvalue weighted by molar-refractivity contribution is -0.155. The molecule has 7 nitrogen and oxygen atoms in total. The topological polar surface area (TPSA) is 101 Å². The first-order chi connectivity index (χ1) is 13.9. The molecule has 2 aromatic rings. The number of benzene rings is 1. The van der Waals surface area contributed by atoms with E-state index in [9.17, 15) is 18.0 Å². The first kappa shape index (κ1) is 20.6. The number of nitrogens with zero attached hydrogens (tertiary/aromatic N) is 5. The van der Waals surface area contributed by atoms with Gasteiger partial charge in [-0.3, -0.25) is 4.79 Å². The van der Waals surface area contributed by atoms with Crippen molar-refractivity contribution in [3.63, 3.8) is 0 Å². The molecule has 1 saturated carbocycles. The van der Waals surface area contributed by atoms with Gasteiger partial charge in [-0.15, -0.1) is 0 Å². The van der Waals surface area contributed by atoms with E-state index in [1.54, 1.807) is 6.92 Å². The number of alkyl halides is 1. The maximum absolute atomic E-state index is 14.4. The van der Waals surface area contributed by atoms with Crippen molar-refractivity contribution in [2.24, 2.45) is 10.5 Å². The van der Waals surface area contributed by atoms with Gasteiger partial charge in [0.25, 0.3) is 0 Å². The number of azide groups is 1. The van der Waals surface area contributed by atoms with Crippen molar-refractivity contribution < 1.29 is 22.7 Å². The van der Waals surface area contributed by atoms with E-state index in [4.69, 9.17) is 10.3 Å². The number of esters is 1. The van der Waals surface area contributed by atoms with Crippen molar-refractivity contribution in [2.75, 3.05) is 6.61 Å². The van der Waals surface area contributed by atoms with Crippen LogP contribution in [-0.4, -0.2) is 34.8 Å². The summed E-state index contributed by atoms with van der Waals surface area (Å²) in [6.07, 6.45) is 0.216. The maximum atomic E-state index is 14.4. The summed E-state index contributed by atoms with van der Waals surface area (Å²) in [4.78, 5) is 22.9. The number of carbonyl (C=O) groups excluding carboxylic acids is 1. The highest BCUT2D eigenvalue weighted by molar-refractivity contribution is 5.78. The predicted molar refractivity (Wildman–Crippen MR) is 97.2 cm³/mol. The van der Waals surface area contributed by atoms with Gasteiger partial charge in [0, 0.05) is 4.91 Å². The van der Waals surface area contributed by atoms with E-state index < -0.39 is 35.2 Å². The molecular weight excluding hydrogens is 387 g/mol. The Morgan fingerprint density at radius 3 is 2.72 bits per heavy atom. The molecular formula is C19H18F3N5O2. The van der Waals surface area contributed by atoms with Crippen molar-refractivity contribution >= 4 is 5.97 Å². The molecule has 29 heavy (non-hydrogen) atoms. The van der Waals surface area contributed by atoms with E-state index in [2.05, 4.69) is 20.0 Å². The zero-order chi connectivity index (χ0) is 21.0. The number of aromatic nitrogens is 2. The normalized spacial score (nSPS) is 23.4. The first-order valence-electron chi connectivity index (χ1n) is 9.00. The largest absolute Gasteiger partial charge is 0.466 e. The van der Waals surface area contributed by atoms with E-state index in [1.807, 2.05) is 0 Å². The van der Waals surface area contributed by atoms with E-state index in [0.29, 0.717) is 5.56 Å². The van der Waals surface area contributed by atoms with Gasteiger partial charge in [0.1, 0.15) is 12.0 Å². The number of halogens is 3. The Hall–Kier alpha value is -3.13. The van der Waals surface area contributed by atoms with Gasteiger partial charge in [-0.25, -0.2) is 23.1 Å². The molecule has 0 radical (unpaired) electrons. The van der Waals surface area contributed by atoms with Gasteiger partial charge in [0.05, 0.1) is 36.0 Å². The van der Waals surface area contributed by atoms with E-state index in [0.717, 1.165) is 12.4 Å². The van der Waals surface area contributed by atoms with Gasteiger partial charge < -0.3 is 4.74 Å². The van der Waals surface area contributed by atoms with Crippen LogP contribution in [0, 0.1) is 17.0 Å². The molecule has 0 aliphatic heterocycles. The summed E-state index contributed by atoms with van der Waals surface area (Å²) in [5.41, 5.74) is 7.96. The van der Waals surface area contributed by atoms with E-state index >= 15 is 0 Å². The molecule has 1 aliphatic carbocycles. The summed E-state index contributed by atoms with van der Waals surface area (Å²) in [6, 6.07) is 3.11. The zero-order valence-electron chi connectivity index (χ0n) is 15.6. The van der Waals surface area contributed by atoms with Crippen LogP contribution in [0.3, 0.4) is 0 Å². The smallest absolute Gasteiger partial charge is 0.312 e. The summed E-state index contributed by atoms with van der Waals surface area (Å²) >= 11 is 0. The van der Waals surface area contributed by atoms with Gasteiger partial charge in [0.15, 0.2) is 11.6 Å². The second kappa shape index (κ2) is 8.48. The van der Waals surface area contributed by atoms with Gasteiger partial charge in [0.2, 0.25) is 0 Å². The van der Waals surface area contributed by atoms with Crippen molar-refractivity contribution in [1.82, 2.24) is 9.97 Å².